The van der Waals surface area contributed by atoms with Crippen LogP contribution in [0.4, 0.5) is 34.5 Å². The largest absolute Gasteiger partial charge is 0.437 e. The molecule has 10 nitrogen and oxygen atoms in total. The number of carbonyl (C=O) groups is 1. The minimum absolute atomic E-state index is 0.0989. The maximum atomic E-state index is 11.5. The number of nitrogens with zero attached hydrogens (tertiary/aromatic N) is 4. The number of aromatic nitrogens is 2. The standard InChI is InChI=1S/C24H27ClN8O2/c1-32-10-12-33(13-11-32)18-6-2-17(3-7-18)29-24-30-22-21(26-15-27-22)23(31-24)35-19-8-4-16(5-9-19)28-20(34)14-25/h2-9,26H,10-15H2,1H3,(H,28,34)(H2,27,29,30,31). The monoisotopic (exact) mass is 494 g/mol. The van der Waals surface area contributed by atoms with Gasteiger partial charge in [0.2, 0.25) is 17.7 Å². The lowest BCUT2D eigenvalue weighted by Gasteiger charge is -2.34. The summed E-state index contributed by atoms with van der Waals surface area (Å²) in [5, 5.41) is 12.4. The molecule has 0 radical (unpaired) electrons. The van der Waals surface area contributed by atoms with Crippen LogP contribution in [0.3, 0.4) is 0 Å². The van der Waals surface area contributed by atoms with Crippen LogP contribution < -0.4 is 30.9 Å². The molecule has 11 heteroatoms. The van der Waals surface area contributed by atoms with Crippen LogP contribution in [-0.2, 0) is 4.79 Å². The van der Waals surface area contributed by atoms with E-state index in [4.69, 9.17) is 16.3 Å². The molecule has 5 rings (SSSR count). The van der Waals surface area contributed by atoms with E-state index in [9.17, 15) is 4.79 Å². The van der Waals surface area contributed by atoms with Crippen molar-refractivity contribution in [1.29, 1.82) is 0 Å². The Balaban J connectivity index is 1.30. The minimum atomic E-state index is -0.267. The van der Waals surface area contributed by atoms with Gasteiger partial charge in [-0.05, 0) is 55.6 Å². The highest BCUT2D eigenvalue weighted by Gasteiger charge is 2.21. The van der Waals surface area contributed by atoms with Crippen LogP contribution in [0.5, 0.6) is 11.6 Å². The van der Waals surface area contributed by atoms with Gasteiger partial charge in [0, 0.05) is 43.2 Å². The molecule has 1 amide bonds. The highest BCUT2D eigenvalue weighted by atomic mass is 35.5. The number of benzene rings is 2. The molecule has 1 fully saturated rings. The minimum Gasteiger partial charge on any atom is -0.437 e. The summed E-state index contributed by atoms with van der Waals surface area (Å²) in [6, 6.07) is 15.3. The Bertz CT molecular complexity index is 1180. The molecule has 0 bridgehead atoms. The van der Waals surface area contributed by atoms with E-state index in [-0.39, 0.29) is 11.8 Å². The van der Waals surface area contributed by atoms with Gasteiger partial charge >= 0.3 is 0 Å². The zero-order valence-electron chi connectivity index (χ0n) is 19.3. The van der Waals surface area contributed by atoms with Crippen LogP contribution in [0.1, 0.15) is 0 Å². The number of nitrogens with one attached hydrogen (secondary N) is 4. The summed E-state index contributed by atoms with van der Waals surface area (Å²) in [5.74, 6) is 1.70. The zero-order chi connectivity index (χ0) is 24.2. The number of rotatable bonds is 7. The average Bonchev–Trinajstić information content (AvgIpc) is 3.35. The van der Waals surface area contributed by atoms with Crippen molar-refractivity contribution in [2.75, 3.05) is 71.9 Å². The van der Waals surface area contributed by atoms with Gasteiger partial charge in [-0.1, -0.05) is 0 Å². The number of fused-ring (bicyclic) bond motifs is 1. The molecule has 182 valence electrons. The van der Waals surface area contributed by atoms with Crippen LogP contribution in [0.2, 0.25) is 0 Å². The first-order chi connectivity index (χ1) is 17.1. The third-order valence-corrected chi connectivity index (χ3v) is 6.11. The Hall–Kier alpha value is -3.76. The van der Waals surface area contributed by atoms with Crippen molar-refractivity contribution in [3.63, 3.8) is 0 Å². The van der Waals surface area contributed by atoms with Crippen LogP contribution in [0.25, 0.3) is 0 Å². The Morgan fingerprint density at radius 2 is 1.71 bits per heavy atom. The second-order valence-corrected chi connectivity index (χ2v) is 8.64. The van der Waals surface area contributed by atoms with E-state index < -0.39 is 0 Å². The van der Waals surface area contributed by atoms with Gasteiger partial charge in [-0.15, -0.1) is 11.6 Å². The molecular formula is C24H27ClN8O2. The van der Waals surface area contributed by atoms with Crippen molar-refractivity contribution >= 4 is 52.0 Å². The summed E-state index contributed by atoms with van der Waals surface area (Å²) in [5.41, 5.74) is 3.43. The highest BCUT2D eigenvalue weighted by molar-refractivity contribution is 6.29. The van der Waals surface area contributed by atoms with E-state index >= 15 is 0 Å². The molecule has 2 aliphatic heterocycles. The van der Waals surface area contributed by atoms with E-state index in [0.29, 0.717) is 41.4 Å². The summed E-state index contributed by atoms with van der Waals surface area (Å²) in [7, 11) is 2.15. The van der Waals surface area contributed by atoms with E-state index in [1.165, 1.54) is 5.69 Å². The van der Waals surface area contributed by atoms with Crippen LogP contribution in [0, 0.1) is 0 Å². The number of likely N-dealkylation sites (N-methyl/N-ethyl adjacent to an activating group) is 1. The van der Waals surface area contributed by atoms with Gasteiger partial charge in [0.15, 0.2) is 5.82 Å². The SMILES string of the molecule is CN1CCN(c2ccc(Nc3nc4c(c(Oc5ccc(NC(=O)CCl)cc5)n3)NCN4)cc2)CC1. The first kappa shape index (κ1) is 23.0. The summed E-state index contributed by atoms with van der Waals surface area (Å²) in [4.78, 5) is 25.4. The second kappa shape index (κ2) is 10.2. The van der Waals surface area contributed by atoms with E-state index in [1.807, 2.05) is 12.1 Å². The molecular weight excluding hydrogens is 468 g/mol. The third-order valence-electron chi connectivity index (χ3n) is 5.86. The Labute approximate surface area is 208 Å². The number of carbonyl (C=O) groups excluding carboxylic acids is 1. The van der Waals surface area contributed by atoms with Crippen molar-refractivity contribution in [3.05, 3.63) is 48.5 Å². The Kier molecular flexibility index (Phi) is 6.73. The highest BCUT2D eigenvalue weighted by Crippen LogP contribution is 2.37. The van der Waals surface area contributed by atoms with Crippen LogP contribution >= 0.6 is 11.6 Å². The first-order valence-electron chi connectivity index (χ1n) is 11.4. The van der Waals surface area contributed by atoms with Gasteiger partial charge in [-0.3, -0.25) is 4.79 Å². The van der Waals surface area contributed by atoms with Crippen molar-refractivity contribution < 1.29 is 9.53 Å². The normalized spacial score (nSPS) is 15.1. The van der Waals surface area contributed by atoms with E-state index in [2.05, 4.69) is 60.2 Å². The number of halogens is 1. The smallest absolute Gasteiger partial charge is 0.250 e. The van der Waals surface area contributed by atoms with Crippen molar-refractivity contribution in [2.24, 2.45) is 0 Å². The van der Waals surface area contributed by atoms with E-state index in [1.54, 1.807) is 24.3 Å². The maximum Gasteiger partial charge on any atom is 0.250 e. The van der Waals surface area contributed by atoms with Gasteiger partial charge in [0.25, 0.3) is 0 Å². The fraction of sp³-hybridized carbons (Fsp3) is 0.292. The fourth-order valence-corrected chi connectivity index (χ4v) is 4.00. The number of ether oxygens (including phenoxy) is 1. The summed E-state index contributed by atoms with van der Waals surface area (Å²) < 4.78 is 6.05. The maximum absolute atomic E-state index is 11.5. The number of alkyl halides is 1. The van der Waals surface area contributed by atoms with Crippen LogP contribution in [0.15, 0.2) is 48.5 Å². The first-order valence-corrected chi connectivity index (χ1v) is 11.9. The second-order valence-electron chi connectivity index (χ2n) is 8.38. The van der Waals surface area contributed by atoms with Gasteiger partial charge in [-0.25, -0.2) is 0 Å². The van der Waals surface area contributed by atoms with Crippen LogP contribution in [-0.4, -0.2) is 66.6 Å². The zero-order valence-corrected chi connectivity index (χ0v) is 20.1. The lowest BCUT2D eigenvalue weighted by atomic mass is 10.2. The number of piperazine rings is 1. The van der Waals surface area contributed by atoms with Gasteiger partial charge in [0.1, 0.15) is 17.3 Å². The number of hydrogen-bond donors (Lipinski definition) is 4. The summed E-state index contributed by atoms with van der Waals surface area (Å²) in [6.45, 7) is 4.72. The predicted octanol–water partition coefficient (Wildman–Crippen LogP) is 3.74. The predicted molar refractivity (Wildman–Crippen MR) is 139 cm³/mol. The fourth-order valence-electron chi connectivity index (χ4n) is 3.94. The Morgan fingerprint density at radius 3 is 2.43 bits per heavy atom. The molecule has 1 aromatic heterocycles. The molecule has 0 atom stereocenters. The summed E-state index contributed by atoms with van der Waals surface area (Å²) in [6.07, 6.45) is 0. The number of anilines is 6. The van der Waals surface area contributed by atoms with Crippen molar-refractivity contribution in [2.45, 2.75) is 0 Å². The molecule has 2 aromatic carbocycles. The molecule has 3 heterocycles. The number of hydrogen-bond acceptors (Lipinski definition) is 9. The quantitative estimate of drug-likeness (QED) is 0.365. The van der Waals surface area contributed by atoms with Gasteiger partial charge < -0.3 is 35.8 Å². The lowest BCUT2D eigenvalue weighted by Crippen LogP contribution is -2.44. The molecule has 3 aromatic rings. The lowest BCUT2D eigenvalue weighted by molar-refractivity contribution is -0.113. The molecule has 0 spiro atoms. The van der Waals surface area contributed by atoms with Gasteiger partial charge in [-0.2, -0.15) is 9.97 Å². The Morgan fingerprint density at radius 1 is 1.00 bits per heavy atom. The average molecular weight is 495 g/mol. The van der Waals surface area contributed by atoms with Crippen molar-refractivity contribution in [3.8, 4) is 11.6 Å². The molecule has 0 aliphatic carbocycles. The molecule has 1 saturated heterocycles. The summed E-state index contributed by atoms with van der Waals surface area (Å²) >= 11 is 5.54. The molecule has 0 saturated carbocycles. The topological polar surface area (TPSA) is 107 Å². The van der Waals surface area contributed by atoms with E-state index in [0.717, 1.165) is 31.9 Å². The molecule has 0 unspecified atom stereocenters. The molecule has 4 N–H and O–H groups in total. The molecule has 35 heavy (non-hydrogen) atoms. The van der Waals surface area contributed by atoms with Gasteiger partial charge in [0.05, 0.1) is 6.67 Å². The third kappa shape index (κ3) is 5.50. The number of amides is 1. The molecule has 2 aliphatic rings. The van der Waals surface area contributed by atoms with Crippen molar-refractivity contribution in [1.82, 2.24) is 14.9 Å².